The van der Waals surface area contributed by atoms with Crippen LogP contribution in [0.4, 0.5) is 0 Å². The zero-order valence-corrected chi connectivity index (χ0v) is 8.54. The van der Waals surface area contributed by atoms with E-state index in [-0.39, 0.29) is 17.3 Å². The molecule has 1 atom stereocenters. The minimum Gasteiger partial charge on any atom is -0.469 e. The number of ketones is 1. The van der Waals surface area contributed by atoms with Gasteiger partial charge in [0.05, 0.1) is 13.0 Å². The van der Waals surface area contributed by atoms with Crippen molar-refractivity contribution in [3.63, 3.8) is 0 Å². The minimum atomic E-state index is -0.206. The summed E-state index contributed by atoms with van der Waals surface area (Å²) in [5.74, 6) is -0.0712. The van der Waals surface area contributed by atoms with Crippen molar-refractivity contribution in [1.82, 2.24) is 0 Å². The smallest absolute Gasteiger partial charge is 0.309 e. The Morgan fingerprint density at radius 2 is 2.07 bits per heavy atom. The van der Waals surface area contributed by atoms with Crippen LogP contribution in [0.3, 0.4) is 0 Å². The molecule has 0 saturated heterocycles. The summed E-state index contributed by atoms with van der Waals surface area (Å²) in [6.07, 6.45) is 5.39. The monoisotopic (exact) mass is 196 g/mol. The summed E-state index contributed by atoms with van der Waals surface area (Å²) in [4.78, 5) is 23.1. The van der Waals surface area contributed by atoms with Crippen molar-refractivity contribution in [1.29, 1.82) is 0 Å². The van der Waals surface area contributed by atoms with Gasteiger partial charge in [0.1, 0.15) is 5.78 Å². The summed E-state index contributed by atoms with van der Waals surface area (Å²) in [5.41, 5.74) is -0.140. The highest BCUT2D eigenvalue weighted by molar-refractivity contribution is 5.92. The van der Waals surface area contributed by atoms with E-state index in [0.717, 1.165) is 32.1 Å². The number of hydrogen-bond donors (Lipinski definition) is 0. The number of methoxy groups -OCH3 is 1. The zero-order chi connectivity index (χ0) is 10.2. The average molecular weight is 196 g/mol. The van der Waals surface area contributed by atoms with Crippen molar-refractivity contribution in [2.75, 3.05) is 7.11 Å². The van der Waals surface area contributed by atoms with Crippen molar-refractivity contribution < 1.29 is 14.3 Å². The van der Waals surface area contributed by atoms with Gasteiger partial charge in [-0.25, -0.2) is 0 Å². The number of carbonyl (C=O) groups excluding carboxylic acids is 2. The Bertz CT molecular complexity index is 264. The Labute approximate surface area is 83.8 Å². The Balaban J connectivity index is 2.10. The van der Waals surface area contributed by atoms with E-state index in [2.05, 4.69) is 0 Å². The van der Waals surface area contributed by atoms with Crippen molar-refractivity contribution >= 4 is 11.8 Å². The standard InChI is InChI=1S/C11H16O3/c1-14-10(13)8-6-9(12)11(7-8)4-2-3-5-11/h8H,2-7H2,1H3/t8-/m0/s1. The third-order valence-corrected chi connectivity index (χ3v) is 3.76. The third kappa shape index (κ3) is 1.35. The molecule has 0 heterocycles. The second-order valence-corrected chi connectivity index (χ2v) is 4.54. The molecule has 1 spiro atoms. The molecule has 0 aromatic heterocycles. The lowest BCUT2D eigenvalue weighted by atomic mass is 9.83. The summed E-state index contributed by atoms with van der Waals surface area (Å²) < 4.78 is 4.69. The summed E-state index contributed by atoms with van der Waals surface area (Å²) in [6, 6.07) is 0. The molecule has 3 heteroatoms. The molecule has 0 N–H and O–H groups in total. The molecular formula is C11H16O3. The molecule has 14 heavy (non-hydrogen) atoms. The molecular weight excluding hydrogens is 180 g/mol. The van der Waals surface area contributed by atoms with Crippen molar-refractivity contribution in [3.05, 3.63) is 0 Å². The normalized spacial score (nSPS) is 29.8. The van der Waals surface area contributed by atoms with Gasteiger partial charge >= 0.3 is 5.97 Å². The SMILES string of the molecule is COC(=O)[C@H]1CC(=O)C2(CCCC2)C1. The van der Waals surface area contributed by atoms with Gasteiger partial charge in [0, 0.05) is 11.8 Å². The molecule has 2 aliphatic carbocycles. The van der Waals surface area contributed by atoms with Gasteiger partial charge < -0.3 is 4.74 Å². The second-order valence-electron chi connectivity index (χ2n) is 4.54. The maximum Gasteiger partial charge on any atom is 0.309 e. The quantitative estimate of drug-likeness (QED) is 0.599. The highest BCUT2D eigenvalue weighted by Gasteiger charge is 2.50. The fraction of sp³-hybridized carbons (Fsp3) is 0.818. The summed E-state index contributed by atoms with van der Waals surface area (Å²) in [6.45, 7) is 0. The molecule has 78 valence electrons. The topological polar surface area (TPSA) is 43.4 Å². The van der Waals surface area contributed by atoms with E-state index in [1.165, 1.54) is 7.11 Å². The molecule has 0 aromatic carbocycles. The number of ether oxygens (including phenoxy) is 1. The van der Waals surface area contributed by atoms with Gasteiger partial charge in [0.25, 0.3) is 0 Å². The number of Topliss-reactive ketones (excluding diaryl/α,β-unsaturated/α-hetero) is 1. The van der Waals surface area contributed by atoms with Crippen LogP contribution in [0.25, 0.3) is 0 Å². The zero-order valence-electron chi connectivity index (χ0n) is 8.54. The lowest BCUT2D eigenvalue weighted by Gasteiger charge is -2.20. The van der Waals surface area contributed by atoms with Gasteiger partial charge in [0.15, 0.2) is 0 Å². The van der Waals surface area contributed by atoms with Crippen LogP contribution in [-0.4, -0.2) is 18.9 Å². The van der Waals surface area contributed by atoms with Crippen LogP contribution in [0.2, 0.25) is 0 Å². The molecule has 0 amide bonds. The molecule has 0 aromatic rings. The fourth-order valence-corrected chi connectivity index (χ4v) is 2.97. The Kier molecular flexibility index (Phi) is 2.33. The van der Waals surface area contributed by atoms with Crippen molar-refractivity contribution in [2.24, 2.45) is 11.3 Å². The largest absolute Gasteiger partial charge is 0.469 e. The number of carbonyl (C=O) groups is 2. The molecule has 0 bridgehead atoms. The molecule has 0 radical (unpaired) electrons. The Morgan fingerprint density at radius 3 is 2.64 bits per heavy atom. The first-order valence-corrected chi connectivity index (χ1v) is 5.29. The minimum absolute atomic E-state index is 0.140. The van der Waals surface area contributed by atoms with Gasteiger partial charge in [-0.1, -0.05) is 12.8 Å². The predicted molar refractivity (Wildman–Crippen MR) is 50.6 cm³/mol. The molecule has 0 aliphatic heterocycles. The van der Waals surface area contributed by atoms with E-state index in [9.17, 15) is 9.59 Å². The first kappa shape index (κ1) is 9.69. The lowest BCUT2D eigenvalue weighted by Crippen LogP contribution is -2.21. The van der Waals surface area contributed by atoms with Crippen LogP contribution in [0.1, 0.15) is 38.5 Å². The van der Waals surface area contributed by atoms with Crippen molar-refractivity contribution in [2.45, 2.75) is 38.5 Å². The second kappa shape index (κ2) is 3.37. The molecule has 3 nitrogen and oxygen atoms in total. The van der Waals surface area contributed by atoms with Crippen LogP contribution < -0.4 is 0 Å². The summed E-state index contributed by atoms with van der Waals surface area (Å²) in [7, 11) is 1.40. The van der Waals surface area contributed by atoms with E-state index in [4.69, 9.17) is 4.74 Å². The highest BCUT2D eigenvalue weighted by Crippen LogP contribution is 2.50. The summed E-state index contributed by atoms with van der Waals surface area (Å²) in [5, 5.41) is 0. The molecule has 2 saturated carbocycles. The van der Waals surface area contributed by atoms with Crippen LogP contribution in [-0.2, 0) is 14.3 Å². The predicted octanol–water partition coefficient (Wildman–Crippen LogP) is 1.70. The van der Waals surface area contributed by atoms with E-state index in [1.54, 1.807) is 0 Å². The van der Waals surface area contributed by atoms with E-state index < -0.39 is 0 Å². The number of rotatable bonds is 1. The first-order valence-electron chi connectivity index (χ1n) is 5.29. The highest BCUT2D eigenvalue weighted by atomic mass is 16.5. The van der Waals surface area contributed by atoms with Gasteiger partial charge in [0.2, 0.25) is 0 Å². The molecule has 2 fully saturated rings. The van der Waals surface area contributed by atoms with E-state index in [1.807, 2.05) is 0 Å². The van der Waals surface area contributed by atoms with Gasteiger partial charge in [-0.2, -0.15) is 0 Å². The van der Waals surface area contributed by atoms with Crippen molar-refractivity contribution in [3.8, 4) is 0 Å². The molecule has 2 rings (SSSR count). The Hall–Kier alpha value is -0.860. The van der Waals surface area contributed by atoms with Gasteiger partial charge in [-0.05, 0) is 19.3 Å². The molecule has 0 unspecified atom stereocenters. The van der Waals surface area contributed by atoms with Crippen LogP contribution in [0.15, 0.2) is 0 Å². The summed E-state index contributed by atoms with van der Waals surface area (Å²) >= 11 is 0. The number of hydrogen-bond acceptors (Lipinski definition) is 3. The lowest BCUT2D eigenvalue weighted by molar-refractivity contribution is -0.145. The van der Waals surface area contributed by atoms with Crippen LogP contribution >= 0.6 is 0 Å². The maximum atomic E-state index is 11.8. The average Bonchev–Trinajstić information content (AvgIpc) is 2.76. The maximum absolute atomic E-state index is 11.8. The van der Waals surface area contributed by atoms with Gasteiger partial charge in [-0.3, -0.25) is 9.59 Å². The Morgan fingerprint density at radius 1 is 1.43 bits per heavy atom. The number of esters is 1. The van der Waals surface area contributed by atoms with E-state index >= 15 is 0 Å². The third-order valence-electron chi connectivity index (χ3n) is 3.76. The first-order chi connectivity index (χ1) is 6.68. The van der Waals surface area contributed by atoms with E-state index in [0.29, 0.717) is 12.2 Å². The van der Waals surface area contributed by atoms with Crippen LogP contribution in [0, 0.1) is 11.3 Å². The van der Waals surface area contributed by atoms with Crippen LogP contribution in [0.5, 0.6) is 0 Å². The fourth-order valence-electron chi connectivity index (χ4n) is 2.97. The molecule has 2 aliphatic rings. The van der Waals surface area contributed by atoms with Gasteiger partial charge in [-0.15, -0.1) is 0 Å².